The van der Waals surface area contributed by atoms with Crippen molar-refractivity contribution in [3.05, 3.63) is 65.2 Å². The number of anilines is 1. The maximum absolute atomic E-state index is 11.3. The van der Waals surface area contributed by atoms with Crippen molar-refractivity contribution in [2.45, 2.75) is 46.6 Å². The number of carbonyl (C=O) groups is 1. The zero-order valence-corrected chi connectivity index (χ0v) is 20.3. The van der Waals surface area contributed by atoms with Crippen molar-refractivity contribution in [1.29, 1.82) is 0 Å². The number of benzene rings is 2. The Balaban J connectivity index is 0.000000361. The van der Waals surface area contributed by atoms with Gasteiger partial charge in [0.1, 0.15) is 5.56 Å². The smallest absolute Gasteiger partial charge is 0.341 e. The van der Waals surface area contributed by atoms with E-state index >= 15 is 0 Å². The number of nitrogens with zero attached hydrogens (tertiary/aromatic N) is 2. The fraction of sp³-hybridized carbons (Fsp3) is 0.381. The van der Waals surface area contributed by atoms with Crippen LogP contribution in [-0.2, 0) is 0 Å². The van der Waals surface area contributed by atoms with Crippen molar-refractivity contribution >= 4 is 46.2 Å². The average molecular weight is 502 g/mol. The molecular weight excluding hydrogens is 477 g/mol. The normalized spacial score (nSPS) is 10.3. The fourth-order valence-corrected chi connectivity index (χ4v) is 3.49. The molecule has 0 saturated heterocycles. The van der Waals surface area contributed by atoms with Crippen LogP contribution in [-0.4, -0.2) is 34.1 Å². The first kappa shape index (κ1) is 27.9. The molecule has 12 heteroatoms. The van der Waals surface area contributed by atoms with Gasteiger partial charge in [-0.25, -0.2) is 4.79 Å². The minimum atomic E-state index is -1.16. The molecule has 180 valence electrons. The standard InChI is InChI=1S/C13H19N3O4.C8H6Cl2O3/c1-5-10(6-2)14-12-11(15(17)18)7-8(3)9(4)13(12)16(19)20;1-13-7-5(10)3-2-4(9)6(7)8(11)12/h7,10,14H,5-6H2,1-4H3;2-3H,1H3,(H,11,12). The molecule has 0 heterocycles. The SMILES string of the molecule is CCC(CC)Nc1c([N+](=O)[O-])cc(C)c(C)c1[N+](=O)[O-].COc1c(Cl)ccc(Cl)c1C(=O)O. The van der Waals surface area contributed by atoms with Gasteiger partial charge in [-0.05, 0) is 44.4 Å². The zero-order chi connectivity index (χ0) is 25.5. The molecule has 0 saturated carbocycles. The lowest BCUT2D eigenvalue weighted by Gasteiger charge is -2.17. The maximum atomic E-state index is 11.3. The van der Waals surface area contributed by atoms with Gasteiger partial charge in [-0.3, -0.25) is 20.2 Å². The average Bonchev–Trinajstić information content (AvgIpc) is 2.75. The Hall–Kier alpha value is -3.11. The van der Waals surface area contributed by atoms with Gasteiger partial charge in [0.05, 0.1) is 27.0 Å². The number of carboxylic acid groups (broad SMARTS) is 1. The number of carboxylic acids is 1. The van der Waals surface area contributed by atoms with Crippen molar-refractivity contribution in [3.63, 3.8) is 0 Å². The molecule has 0 atom stereocenters. The van der Waals surface area contributed by atoms with Crippen LogP contribution < -0.4 is 10.1 Å². The second-order valence-electron chi connectivity index (χ2n) is 6.98. The van der Waals surface area contributed by atoms with E-state index in [0.717, 1.165) is 12.8 Å². The van der Waals surface area contributed by atoms with Crippen LogP contribution in [0.15, 0.2) is 18.2 Å². The molecule has 0 amide bonds. The van der Waals surface area contributed by atoms with Crippen LogP contribution in [0.25, 0.3) is 0 Å². The minimum absolute atomic E-state index is 0.0109. The summed E-state index contributed by atoms with van der Waals surface area (Å²) in [6.07, 6.45) is 1.47. The van der Waals surface area contributed by atoms with Gasteiger partial charge in [0.25, 0.3) is 5.69 Å². The molecule has 0 aliphatic rings. The summed E-state index contributed by atoms with van der Waals surface area (Å²) < 4.78 is 4.82. The van der Waals surface area contributed by atoms with Gasteiger partial charge in [-0.2, -0.15) is 0 Å². The Bertz CT molecular complexity index is 1060. The van der Waals surface area contributed by atoms with Crippen LogP contribution in [0.3, 0.4) is 0 Å². The van der Waals surface area contributed by atoms with Crippen LogP contribution in [0.2, 0.25) is 10.0 Å². The molecule has 10 nitrogen and oxygen atoms in total. The van der Waals surface area contributed by atoms with E-state index in [1.807, 2.05) is 13.8 Å². The maximum Gasteiger partial charge on any atom is 0.341 e. The van der Waals surface area contributed by atoms with Gasteiger partial charge >= 0.3 is 11.7 Å². The molecule has 2 rings (SSSR count). The molecule has 0 radical (unpaired) electrons. The molecule has 2 aromatic carbocycles. The first-order valence-corrected chi connectivity index (χ1v) is 10.6. The highest BCUT2D eigenvalue weighted by atomic mass is 35.5. The van der Waals surface area contributed by atoms with E-state index in [1.165, 1.54) is 25.3 Å². The summed E-state index contributed by atoms with van der Waals surface area (Å²) in [5, 5.41) is 34.5. The highest BCUT2D eigenvalue weighted by Crippen LogP contribution is 2.39. The summed E-state index contributed by atoms with van der Waals surface area (Å²) in [5.41, 5.74) is 0.441. The monoisotopic (exact) mass is 501 g/mol. The number of aryl methyl sites for hydroxylation is 1. The molecule has 0 spiro atoms. The zero-order valence-electron chi connectivity index (χ0n) is 18.8. The Morgan fingerprint density at radius 3 is 2.06 bits per heavy atom. The summed E-state index contributed by atoms with van der Waals surface area (Å²) in [7, 11) is 1.34. The Labute approximate surface area is 200 Å². The molecular formula is C21H25Cl2N3O7. The number of hydrogen-bond donors (Lipinski definition) is 2. The molecule has 0 fully saturated rings. The number of nitro groups is 2. The number of aromatic carboxylic acids is 1. The van der Waals surface area contributed by atoms with Gasteiger partial charge in [0.15, 0.2) is 11.4 Å². The summed E-state index contributed by atoms with van der Waals surface area (Å²) in [6.45, 7) is 7.10. The topological polar surface area (TPSA) is 145 Å². The Kier molecular flexibility index (Phi) is 10.3. The van der Waals surface area contributed by atoms with Crippen LogP contribution in [0.1, 0.15) is 48.2 Å². The van der Waals surface area contributed by atoms with Crippen LogP contribution in [0, 0.1) is 34.1 Å². The van der Waals surface area contributed by atoms with Crippen molar-refractivity contribution in [1.82, 2.24) is 0 Å². The third-order valence-electron chi connectivity index (χ3n) is 4.98. The number of halogens is 2. The van der Waals surface area contributed by atoms with E-state index in [1.54, 1.807) is 13.8 Å². The fourth-order valence-electron chi connectivity index (χ4n) is 3.02. The quantitative estimate of drug-likeness (QED) is 0.311. The second-order valence-corrected chi connectivity index (χ2v) is 7.79. The minimum Gasteiger partial charge on any atom is -0.494 e. The van der Waals surface area contributed by atoms with Gasteiger partial charge < -0.3 is 15.2 Å². The Morgan fingerprint density at radius 2 is 1.67 bits per heavy atom. The number of hydrogen-bond acceptors (Lipinski definition) is 7. The second kappa shape index (κ2) is 12.2. The number of methoxy groups -OCH3 is 1. The predicted molar refractivity (Wildman–Crippen MR) is 127 cm³/mol. The van der Waals surface area contributed by atoms with E-state index in [4.69, 9.17) is 33.0 Å². The van der Waals surface area contributed by atoms with Gasteiger partial charge in [-0.1, -0.05) is 37.0 Å². The lowest BCUT2D eigenvalue weighted by atomic mass is 10.0. The molecule has 0 bridgehead atoms. The molecule has 0 aliphatic heterocycles. The van der Waals surface area contributed by atoms with Crippen LogP contribution in [0.5, 0.6) is 5.75 Å². The molecule has 33 heavy (non-hydrogen) atoms. The van der Waals surface area contributed by atoms with E-state index in [0.29, 0.717) is 11.1 Å². The van der Waals surface area contributed by atoms with E-state index in [-0.39, 0.29) is 44.5 Å². The summed E-state index contributed by atoms with van der Waals surface area (Å²) >= 11 is 11.4. The predicted octanol–water partition coefficient (Wildman–Crippen LogP) is 6.42. The van der Waals surface area contributed by atoms with Gasteiger partial charge in [-0.15, -0.1) is 0 Å². The third-order valence-corrected chi connectivity index (χ3v) is 5.60. The Morgan fingerprint density at radius 1 is 1.12 bits per heavy atom. The highest BCUT2D eigenvalue weighted by molar-refractivity contribution is 6.36. The van der Waals surface area contributed by atoms with Crippen molar-refractivity contribution in [2.75, 3.05) is 12.4 Å². The largest absolute Gasteiger partial charge is 0.494 e. The lowest BCUT2D eigenvalue weighted by Crippen LogP contribution is -2.19. The highest BCUT2D eigenvalue weighted by Gasteiger charge is 2.30. The van der Waals surface area contributed by atoms with Gasteiger partial charge in [0.2, 0.25) is 0 Å². The van der Waals surface area contributed by atoms with Crippen LogP contribution in [0.4, 0.5) is 17.1 Å². The lowest BCUT2D eigenvalue weighted by molar-refractivity contribution is -0.392. The van der Waals surface area contributed by atoms with Crippen molar-refractivity contribution in [2.24, 2.45) is 0 Å². The van der Waals surface area contributed by atoms with Crippen LogP contribution >= 0.6 is 23.2 Å². The van der Waals surface area contributed by atoms with E-state index in [2.05, 4.69) is 5.32 Å². The van der Waals surface area contributed by atoms with Gasteiger partial charge in [0, 0.05) is 17.7 Å². The summed E-state index contributed by atoms with van der Waals surface area (Å²) in [6, 6.07) is 4.24. The molecule has 0 aromatic heterocycles. The molecule has 0 aliphatic carbocycles. The molecule has 0 unspecified atom stereocenters. The number of nitro benzene ring substituents is 2. The summed E-state index contributed by atoms with van der Waals surface area (Å²) in [5.74, 6) is -1.08. The molecule has 2 aromatic rings. The summed E-state index contributed by atoms with van der Waals surface area (Å²) in [4.78, 5) is 32.0. The number of nitrogens with one attached hydrogen (secondary N) is 1. The number of ether oxygens (including phenoxy) is 1. The first-order chi connectivity index (χ1) is 15.4. The van der Waals surface area contributed by atoms with Crippen molar-refractivity contribution in [3.8, 4) is 5.75 Å². The number of rotatable bonds is 8. The molecule has 2 N–H and O–H groups in total. The van der Waals surface area contributed by atoms with E-state index < -0.39 is 15.8 Å². The van der Waals surface area contributed by atoms with E-state index in [9.17, 15) is 25.0 Å². The first-order valence-electron chi connectivity index (χ1n) is 9.85. The third kappa shape index (κ3) is 6.69. The van der Waals surface area contributed by atoms with Crippen molar-refractivity contribution < 1.29 is 24.5 Å².